The molecule has 0 spiro atoms. The molecule has 0 amide bonds. The molecule has 0 saturated heterocycles. The highest BCUT2D eigenvalue weighted by atomic mass is 32.2. The normalized spacial score (nSPS) is 16.1. The Morgan fingerprint density at radius 2 is 1.56 bits per heavy atom. The van der Waals surface area contributed by atoms with Crippen molar-refractivity contribution >= 4 is 21.6 Å². The van der Waals surface area contributed by atoms with Crippen LogP contribution in [0.2, 0.25) is 0 Å². The summed E-state index contributed by atoms with van der Waals surface area (Å²) >= 11 is 0. The van der Waals surface area contributed by atoms with Crippen molar-refractivity contribution in [3.63, 3.8) is 0 Å². The van der Waals surface area contributed by atoms with Gasteiger partial charge in [0.1, 0.15) is 0 Å². The fraction of sp³-hybridized carbons (Fsp3) is 0.179. The Bertz CT molecular complexity index is 1500. The van der Waals surface area contributed by atoms with E-state index in [2.05, 4.69) is 35.9 Å². The van der Waals surface area contributed by atoms with Gasteiger partial charge in [0, 0.05) is 35.5 Å². The number of allylic oxidation sites excluding steroid dienone is 1. The van der Waals surface area contributed by atoms with E-state index in [4.69, 9.17) is 4.42 Å². The molecule has 6 heteroatoms. The smallest absolute Gasteiger partial charge is 0.228 e. The minimum absolute atomic E-state index is 0.0807. The Kier molecular flexibility index (Phi) is 5.21. The first kappa shape index (κ1) is 22.2. The Morgan fingerprint density at radius 3 is 2.24 bits per heavy atom. The number of aryl methyl sites for hydroxylation is 1. The van der Waals surface area contributed by atoms with Crippen LogP contribution in [0.1, 0.15) is 30.7 Å². The van der Waals surface area contributed by atoms with E-state index in [1.807, 2.05) is 62.5 Å². The lowest BCUT2D eigenvalue weighted by Crippen LogP contribution is -2.22. The highest BCUT2D eigenvalue weighted by Crippen LogP contribution is 2.47. The molecule has 1 aromatic heterocycles. The zero-order chi connectivity index (χ0) is 24.1. The van der Waals surface area contributed by atoms with Gasteiger partial charge in [-0.25, -0.2) is 8.42 Å². The molecule has 0 aliphatic carbocycles. The number of rotatable bonds is 4. The second-order valence-corrected chi connectivity index (χ2v) is 11.0. The van der Waals surface area contributed by atoms with Crippen LogP contribution in [0.3, 0.4) is 0 Å². The Labute approximate surface area is 200 Å². The topological polar surface area (TPSA) is 63.4 Å². The largest absolute Gasteiger partial charge is 0.435 e. The van der Waals surface area contributed by atoms with E-state index in [1.54, 1.807) is 24.3 Å². The zero-order valence-corrected chi connectivity index (χ0v) is 20.4. The third kappa shape index (κ3) is 3.55. The van der Waals surface area contributed by atoms with Gasteiger partial charge in [-0.1, -0.05) is 67.9 Å². The molecule has 3 aromatic carbocycles. The summed E-state index contributed by atoms with van der Waals surface area (Å²) in [5, 5.41) is -0.0807. The number of benzene rings is 3. The van der Waals surface area contributed by atoms with Crippen molar-refractivity contribution in [2.24, 2.45) is 0 Å². The molecule has 5 rings (SSSR count). The number of hydrogen-bond donors (Lipinski definition) is 0. The molecule has 0 unspecified atom stereocenters. The summed E-state index contributed by atoms with van der Waals surface area (Å²) in [6.07, 6.45) is 1.82. The minimum atomic E-state index is -3.91. The van der Waals surface area contributed by atoms with E-state index < -0.39 is 9.84 Å². The maximum atomic E-state index is 13.7. The molecule has 2 heterocycles. The van der Waals surface area contributed by atoms with Crippen LogP contribution in [0, 0.1) is 6.92 Å². The predicted octanol–water partition coefficient (Wildman–Crippen LogP) is 6.25. The van der Waals surface area contributed by atoms with Crippen molar-refractivity contribution in [3.8, 4) is 11.5 Å². The first-order chi connectivity index (χ1) is 16.2. The zero-order valence-electron chi connectivity index (χ0n) is 19.6. The molecule has 1 aliphatic heterocycles. The van der Waals surface area contributed by atoms with E-state index in [0.717, 1.165) is 22.5 Å². The molecule has 172 valence electrons. The van der Waals surface area contributed by atoms with Gasteiger partial charge in [0.2, 0.25) is 20.8 Å². The van der Waals surface area contributed by atoms with Crippen LogP contribution in [0.5, 0.6) is 0 Å². The lowest BCUT2D eigenvalue weighted by atomic mass is 9.83. The van der Waals surface area contributed by atoms with Gasteiger partial charge in [-0.15, -0.1) is 0 Å². The van der Waals surface area contributed by atoms with Crippen LogP contribution in [-0.4, -0.2) is 20.4 Å². The van der Waals surface area contributed by atoms with Gasteiger partial charge < -0.3 is 9.32 Å². The van der Waals surface area contributed by atoms with Crippen molar-refractivity contribution in [1.29, 1.82) is 0 Å². The highest BCUT2D eigenvalue weighted by Gasteiger charge is 2.39. The van der Waals surface area contributed by atoms with Gasteiger partial charge in [0.25, 0.3) is 0 Å². The quantitative estimate of drug-likeness (QED) is 0.353. The molecule has 0 fully saturated rings. The molecule has 1 aliphatic rings. The van der Waals surface area contributed by atoms with Crippen molar-refractivity contribution in [2.75, 3.05) is 11.9 Å². The van der Waals surface area contributed by atoms with Crippen LogP contribution in [-0.2, 0) is 15.3 Å². The lowest BCUT2D eigenvalue weighted by molar-refractivity contribution is 0.553. The Morgan fingerprint density at radius 1 is 0.912 bits per heavy atom. The van der Waals surface area contributed by atoms with E-state index in [9.17, 15) is 8.42 Å². The second kappa shape index (κ2) is 7.99. The summed E-state index contributed by atoms with van der Waals surface area (Å²) in [5.74, 6) is 0.497. The van der Waals surface area contributed by atoms with Gasteiger partial charge in [0.05, 0.1) is 4.90 Å². The van der Waals surface area contributed by atoms with Gasteiger partial charge in [0.15, 0.2) is 5.76 Å². The van der Waals surface area contributed by atoms with E-state index in [1.165, 1.54) is 5.56 Å². The number of likely N-dealkylation sites (N-methyl/N-ethyl adjacent to an activating group) is 1. The molecule has 0 atom stereocenters. The van der Waals surface area contributed by atoms with E-state index in [-0.39, 0.29) is 27.0 Å². The van der Waals surface area contributed by atoms with Gasteiger partial charge >= 0.3 is 0 Å². The number of fused-ring (bicyclic) bond motifs is 1. The molecule has 4 aromatic rings. The van der Waals surface area contributed by atoms with Crippen LogP contribution in [0.15, 0.2) is 98.9 Å². The van der Waals surface area contributed by atoms with Crippen molar-refractivity contribution in [1.82, 2.24) is 4.98 Å². The number of para-hydroxylation sites is 1. The van der Waals surface area contributed by atoms with Crippen molar-refractivity contribution in [2.45, 2.75) is 36.1 Å². The van der Waals surface area contributed by atoms with Gasteiger partial charge in [-0.3, -0.25) is 0 Å². The van der Waals surface area contributed by atoms with Crippen LogP contribution < -0.4 is 4.90 Å². The molecular formula is C28H26N2O3S. The monoisotopic (exact) mass is 470 g/mol. The summed E-state index contributed by atoms with van der Waals surface area (Å²) in [5.41, 5.74) is 4.56. The van der Waals surface area contributed by atoms with Crippen molar-refractivity contribution in [3.05, 3.63) is 101 Å². The Balaban J connectivity index is 1.71. The van der Waals surface area contributed by atoms with Crippen molar-refractivity contribution < 1.29 is 12.8 Å². The molecule has 0 saturated carbocycles. The number of sulfone groups is 1. The molecule has 0 N–H and O–H groups in total. The van der Waals surface area contributed by atoms with Crippen LogP contribution in [0.4, 0.5) is 5.69 Å². The maximum Gasteiger partial charge on any atom is 0.228 e. The van der Waals surface area contributed by atoms with Gasteiger partial charge in [-0.2, -0.15) is 4.98 Å². The maximum absolute atomic E-state index is 13.7. The minimum Gasteiger partial charge on any atom is -0.435 e. The summed E-state index contributed by atoms with van der Waals surface area (Å²) in [4.78, 5) is 6.77. The van der Waals surface area contributed by atoms with E-state index >= 15 is 0 Å². The first-order valence-corrected chi connectivity index (χ1v) is 12.6. The van der Waals surface area contributed by atoms with Crippen LogP contribution >= 0.6 is 0 Å². The lowest BCUT2D eigenvalue weighted by Gasteiger charge is -2.23. The molecule has 0 radical (unpaired) electrons. The third-order valence-corrected chi connectivity index (χ3v) is 8.13. The molecule has 0 bridgehead atoms. The number of oxazole rings is 1. The summed E-state index contributed by atoms with van der Waals surface area (Å²) < 4.78 is 33.5. The summed E-state index contributed by atoms with van der Waals surface area (Å²) in [6.45, 7) is 6.18. The fourth-order valence-electron chi connectivity index (χ4n) is 4.52. The second-order valence-electron chi connectivity index (χ2n) is 9.10. The van der Waals surface area contributed by atoms with Crippen LogP contribution in [0.25, 0.3) is 17.5 Å². The number of nitrogens with zero attached hydrogens (tertiary/aromatic N) is 2. The molecule has 5 nitrogen and oxygen atoms in total. The van der Waals surface area contributed by atoms with Gasteiger partial charge in [-0.05, 0) is 42.8 Å². The predicted molar refractivity (Wildman–Crippen MR) is 134 cm³/mol. The van der Waals surface area contributed by atoms with E-state index in [0.29, 0.717) is 0 Å². The number of aromatic nitrogens is 1. The highest BCUT2D eigenvalue weighted by molar-refractivity contribution is 7.91. The molecule has 34 heavy (non-hydrogen) atoms. The Hall–Kier alpha value is -3.64. The first-order valence-electron chi connectivity index (χ1n) is 11.1. The third-order valence-electron chi connectivity index (χ3n) is 6.44. The summed E-state index contributed by atoms with van der Waals surface area (Å²) in [7, 11) is -1.92. The number of hydrogen-bond acceptors (Lipinski definition) is 5. The average molecular weight is 471 g/mol. The molecular weight excluding hydrogens is 444 g/mol. The standard InChI is InChI=1S/C28H26N2O3S/c1-19-14-16-21(17-15-19)34(31,32)27-24(33-26(29-27)20-10-6-5-7-11-20)18-25-28(2,3)22-12-8-9-13-23(22)30(25)4/h5-18H,1-4H3. The summed E-state index contributed by atoms with van der Waals surface area (Å²) in [6, 6.07) is 24.3. The average Bonchev–Trinajstić information content (AvgIpc) is 3.35. The number of anilines is 1. The SMILES string of the molecule is Cc1ccc(S(=O)(=O)c2nc(-c3ccccc3)oc2C=C2N(C)c3ccccc3C2(C)C)cc1. The fourth-order valence-corrected chi connectivity index (χ4v) is 5.80.